The van der Waals surface area contributed by atoms with Crippen molar-refractivity contribution < 1.29 is 0 Å². The van der Waals surface area contributed by atoms with E-state index in [2.05, 4.69) is 52.0 Å². The van der Waals surface area contributed by atoms with Crippen LogP contribution in [-0.2, 0) is 6.42 Å². The summed E-state index contributed by atoms with van der Waals surface area (Å²) in [6.45, 7) is 6.37. The quantitative estimate of drug-likeness (QED) is 0.913. The van der Waals surface area contributed by atoms with Crippen LogP contribution in [0.1, 0.15) is 44.6 Å². The molecule has 1 aromatic heterocycles. The van der Waals surface area contributed by atoms with Gasteiger partial charge in [-0.25, -0.2) is 9.97 Å². The maximum absolute atomic E-state index is 4.57. The third kappa shape index (κ3) is 2.91. The van der Waals surface area contributed by atoms with Crippen molar-refractivity contribution in [3.8, 4) is 0 Å². The standard InChI is InChI=1S/C11H18BrN3/c1-5-6-8-9(12)11(13-4)15-10(14-8)7(2)3/h7H,5-6H2,1-4H3,(H,13,14,15). The molecule has 1 N–H and O–H groups in total. The molecule has 1 rings (SSSR count). The van der Waals surface area contributed by atoms with Gasteiger partial charge in [0, 0.05) is 13.0 Å². The Morgan fingerprint density at radius 3 is 2.47 bits per heavy atom. The lowest BCUT2D eigenvalue weighted by Crippen LogP contribution is -2.06. The van der Waals surface area contributed by atoms with Crippen molar-refractivity contribution in [2.45, 2.75) is 39.5 Å². The highest BCUT2D eigenvalue weighted by atomic mass is 79.9. The van der Waals surface area contributed by atoms with Crippen molar-refractivity contribution in [2.75, 3.05) is 12.4 Å². The van der Waals surface area contributed by atoms with E-state index in [-0.39, 0.29) is 0 Å². The predicted molar refractivity (Wildman–Crippen MR) is 67.4 cm³/mol. The summed E-state index contributed by atoms with van der Waals surface area (Å²) in [5, 5.41) is 3.09. The molecule has 0 saturated carbocycles. The Balaban J connectivity index is 3.19. The van der Waals surface area contributed by atoms with E-state index in [1.165, 1.54) is 0 Å². The third-order valence-corrected chi connectivity index (χ3v) is 3.01. The molecule has 0 aliphatic rings. The molecule has 0 spiro atoms. The molecule has 1 aromatic rings. The third-order valence-electron chi connectivity index (χ3n) is 2.18. The second kappa shape index (κ2) is 5.45. The molecule has 15 heavy (non-hydrogen) atoms. The summed E-state index contributed by atoms with van der Waals surface area (Å²) in [6.07, 6.45) is 2.08. The highest BCUT2D eigenvalue weighted by Crippen LogP contribution is 2.26. The zero-order valence-electron chi connectivity index (χ0n) is 9.76. The summed E-state index contributed by atoms with van der Waals surface area (Å²) < 4.78 is 0.997. The summed E-state index contributed by atoms with van der Waals surface area (Å²) in [7, 11) is 1.88. The minimum absolute atomic E-state index is 0.362. The van der Waals surface area contributed by atoms with Gasteiger partial charge in [0.2, 0.25) is 0 Å². The monoisotopic (exact) mass is 271 g/mol. The van der Waals surface area contributed by atoms with Crippen LogP contribution in [0.2, 0.25) is 0 Å². The number of nitrogens with one attached hydrogen (secondary N) is 1. The lowest BCUT2D eigenvalue weighted by Gasteiger charge is -2.12. The molecule has 0 atom stereocenters. The molecule has 4 heteroatoms. The number of hydrogen-bond donors (Lipinski definition) is 1. The summed E-state index contributed by atoms with van der Waals surface area (Å²) in [4.78, 5) is 9.04. The van der Waals surface area contributed by atoms with Gasteiger partial charge in [-0.05, 0) is 22.4 Å². The van der Waals surface area contributed by atoms with Gasteiger partial charge in [-0.3, -0.25) is 0 Å². The zero-order chi connectivity index (χ0) is 11.4. The fourth-order valence-corrected chi connectivity index (χ4v) is 1.91. The van der Waals surface area contributed by atoms with E-state index >= 15 is 0 Å². The van der Waals surface area contributed by atoms with Crippen molar-refractivity contribution in [1.29, 1.82) is 0 Å². The lowest BCUT2D eigenvalue weighted by molar-refractivity contribution is 0.746. The van der Waals surface area contributed by atoms with E-state index < -0.39 is 0 Å². The Labute approximate surface area is 99.8 Å². The highest BCUT2D eigenvalue weighted by Gasteiger charge is 2.12. The van der Waals surface area contributed by atoms with Gasteiger partial charge in [-0.2, -0.15) is 0 Å². The summed E-state index contributed by atoms with van der Waals surface area (Å²) >= 11 is 3.54. The summed E-state index contributed by atoms with van der Waals surface area (Å²) in [5.41, 5.74) is 1.10. The molecule has 0 radical (unpaired) electrons. The highest BCUT2D eigenvalue weighted by molar-refractivity contribution is 9.10. The van der Waals surface area contributed by atoms with Crippen LogP contribution >= 0.6 is 15.9 Å². The van der Waals surface area contributed by atoms with E-state index in [1.807, 2.05) is 7.05 Å². The van der Waals surface area contributed by atoms with Gasteiger partial charge in [0.15, 0.2) is 0 Å². The second-order valence-electron chi connectivity index (χ2n) is 3.85. The number of halogens is 1. The van der Waals surface area contributed by atoms with Crippen molar-refractivity contribution in [1.82, 2.24) is 9.97 Å². The number of anilines is 1. The van der Waals surface area contributed by atoms with Crippen LogP contribution in [0.3, 0.4) is 0 Å². The lowest BCUT2D eigenvalue weighted by atomic mass is 10.2. The molecule has 0 bridgehead atoms. The Kier molecular flexibility index (Phi) is 4.51. The maximum Gasteiger partial charge on any atom is 0.144 e. The fourth-order valence-electron chi connectivity index (χ4n) is 1.34. The molecular formula is C11H18BrN3. The van der Waals surface area contributed by atoms with Crippen LogP contribution in [0.25, 0.3) is 0 Å². The minimum atomic E-state index is 0.362. The van der Waals surface area contributed by atoms with Gasteiger partial charge in [0.25, 0.3) is 0 Å². The van der Waals surface area contributed by atoms with Gasteiger partial charge >= 0.3 is 0 Å². The molecule has 1 heterocycles. The zero-order valence-corrected chi connectivity index (χ0v) is 11.3. The van der Waals surface area contributed by atoms with Gasteiger partial charge < -0.3 is 5.32 Å². The van der Waals surface area contributed by atoms with Gasteiger partial charge in [-0.1, -0.05) is 27.2 Å². The first kappa shape index (κ1) is 12.4. The summed E-state index contributed by atoms with van der Waals surface area (Å²) in [6, 6.07) is 0. The molecule has 0 aliphatic heterocycles. The van der Waals surface area contributed by atoms with Crippen LogP contribution in [0.4, 0.5) is 5.82 Å². The van der Waals surface area contributed by atoms with Crippen LogP contribution in [-0.4, -0.2) is 17.0 Å². The second-order valence-corrected chi connectivity index (χ2v) is 4.64. The fraction of sp³-hybridized carbons (Fsp3) is 0.636. The Hall–Kier alpha value is -0.640. The SMILES string of the molecule is CCCc1nc(C(C)C)nc(NC)c1Br. The first-order chi connectivity index (χ1) is 7.10. The maximum atomic E-state index is 4.57. The van der Waals surface area contributed by atoms with Crippen molar-refractivity contribution >= 4 is 21.7 Å². The van der Waals surface area contributed by atoms with Crippen molar-refractivity contribution in [3.63, 3.8) is 0 Å². The number of aromatic nitrogens is 2. The number of aryl methyl sites for hydroxylation is 1. The molecule has 0 fully saturated rings. The molecule has 0 aromatic carbocycles. The van der Waals surface area contributed by atoms with Crippen LogP contribution in [0.15, 0.2) is 4.47 Å². The van der Waals surface area contributed by atoms with Gasteiger partial charge in [-0.15, -0.1) is 0 Å². The number of nitrogens with zero attached hydrogens (tertiary/aromatic N) is 2. The smallest absolute Gasteiger partial charge is 0.144 e. The Bertz CT molecular complexity index is 337. The first-order valence-electron chi connectivity index (χ1n) is 5.34. The van der Waals surface area contributed by atoms with E-state index in [1.54, 1.807) is 0 Å². The normalized spacial score (nSPS) is 10.8. The molecule has 0 aliphatic carbocycles. The van der Waals surface area contributed by atoms with Gasteiger partial charge in [0.05, 0.1) is 10.2 Å². The Morgan fingerprint density at radius 1 is 1.33 bits per heavy atom. The van der Waals surface area contributed by atoms with E-state index in [0.717, 1.165) is 34.7 Å². The predicted octanol–water partition coefficient (Wildman–Crippen LogP) is 3.36. The number of hydrogen-bond acceptors (Lipinski definition) is 3. The van der Waals surface area contributed by atoms with Crippen LogP contribution < -0.4 is 5.32 Å². The van der Waals surface area contributed by atoms with E-state index in [0.29, 0.717) is 5.92 Å². The molecular weight excluding hydrogens is 254 g/mol. The van der Waals surface area contributed by atoms with E-state index in [9.17, 15) is 0 Å². The molecule has 84 valence electrons. The first-order valence-corrected chi connectivity index (χ1v) is 6.13. The average Bonchev–Trinajstić information content (AvgIpc) is 2.21. The molecule has 0 unspecified atom stereocenters. The van der Waals surface area contributed by atoms with Crippen LogP contribution in [0.5, 0.6) is 0 Å². The Morgan fingerprint density at radius 2 is 2.00 bits per heavy atom. The van der Waals surface area contributed by atoms with Crippen molar-refractivity contribution in [2.24, 2.45) is 0 Å². The molecule has 0 saturated heterocycles. The molecule has 0 amide bonds. The van der Waals surface area contributed by atoms with E-state index in [4.69, 9.17) is 0 Å². The van der Waals surface area contributed by atoms with Gasteiger partial charge in [0.1, 0.15) is 11.6 Å². The topological polar surface area (TPSA) is 37.8 Å². The minimum Gasteiger partial charge on any atom is -0.372 e. The van der Waals surface area contributed by atoms with Crippen molar-refractivity contribution in [3.05, 3.63) is 16.0 Å². The average molecular weight is 272 g/mol. The molecule has 3 nitrogen and oxygen atoms in total. The number of rotatable bonds is 4. The van der Waals surface area contributed by atoms with Crippen LogP contribution in [0, 0.1) is 0 Å². The largest absolute Gasteiger partial charge is 0.372 e. The summed E-state index contributed by atoms with van der Waals surface area (Å²) in [5.74, 6) is 2.16.